The van der Waals surface area contributed by atoms with E-state index in [-0.39, 0.29) is 0 Å². The van der Waals surface area contributed by atoms with E-state index in [2.05, 4.69) is 43.2 Å². The molecule has 0 aliphatic carbocycles. The predicted octanol–water partition coefficient (Wildman–Crippen LogP) is 2.53. The second kappa shape index (κ2) is 4.97. The molecule has 1 aromatic rings. The SMILES string of the molecule is CC[C@H](C)N[C@@H](C)c1ccncc1. The zero-order valence-corrected chi connectivity index (χ0v) is 8.62. The zero-order valence-electron chi connectivity index (χ0n) is 8.62. The molecule has 72 valence electrons. The van der Waals surface area contributed by atoms with Gasteiger partial charge in [-0.3, -0.25) is 4.98 Å². The first-order chi connectivity index (χ1) is 6.24. The first-order valence-corrected chi connectivity index (χ1v) is 4.90. The van der Waals surface area contributed by atoms with Gasteiger partial charge in [-0.05, 0) is 38.0 Å². The molecule has 2 atom stereocenters. The highest BCUT2D eigenvalue weighted by atomic mass is 14.9. The van der Waals surface area contributed by atoms with Gasteiger partial charge in [0.1, 0.15) is 0 Å². The van der Waals surface area contributed by atoms with Gasteiger partial charge in [0.25, 0.3) is 0 Å². The summed E-state index contributed by atoms with van der Waals surface area (Å²) < 4.78 is 0. The summed E-state index contributed by atoms with van der Waals surface area (Å²) in [7, 11) is 0. The molecule has 0 saturated carbocycles. The fourth-order valence-electron chi connectivity index (χ4n) is 1.29. The molecule has 13 heavy (non-hydrogen) atoms. The summed E-state index contributed by atoms with van der Waals surface area (Å²) in [5.41, 5.74) is 1.30. The van der Waals surface area contributed by atoms with Gasteiger partial charge in [-0.2, -0.15) is 0 Å². The summed E-state index contributed by atoms with van der Waals surface area (Å²) in [6, 6.07) is 5.10. The van der Waals surface area contributed by atoms with Gasteiger partial charge in [-0.15, -0.1) is 0 Å². The molecule has 1 aromatic heterocycles. The lowest BCUT2D eigenvalue weighted by Gasteiger charge is -2.18. The van der Waals surface area contributed by atoms with Crippen LogP contribution in [0.15, 0.2) is 24.5 Å². The molecule has 0 amide bonds. The van der Waals surface area contributed by atoms with E-state index in [9.17, 15) is 0 Å². The normalized spacial score (nSPS) is 15.3. The third-order valence-electron chi connectivity index (χ3n) is 2.35. The highest BCUT2D eigenvalue weighted by molar-refractivity contribution is 5.13. The van der Waals surface area contributed by atoms with Gasteiger partial charge in [0.15, 0.2) is 0 Å². The van der Waals surface area contributed by atoms with E-state index >= 15 is 0 Å². The molecule has 0 radical (unpaired) electrons. The molecule has 0 saturated heterocycles. The van der Waals surface area contributed by atoms with Crippen molar-refractivity contribution in [2.24, 2.45) is 0 Å². The Kier molecular flexibility index (Phi) is 3.90. The largest absolute Gasteiger partial charge is 0.308 e. The highest BCUT2D eigenvalue weighted by Crippen LogP contribution is 2.11. The number of nitrogens with zero attached hydrogens (tertiary/aromatic N) is 1. The van der Waals surface area contributed by atoms with Crippen LogP contribution < -0.4 is 5.32 Å². The Hall–Kier alpha value is -0.890. The Morgan fingerprint density at radius 3 is 2.46 bits per heavy atom. The van der Waals surface area contributed by atoms with Crippen molar-refractivity contribution < 1.29 is 0 Å². The predicted molar refractivity (Wildman–Crippen MR) is 55.5 cm³/mol. The molecule has 2 nitrogen and oxygen atoms in total. The fraction of sp³-hybridized carbons (Fsp3) is 0.545. The Labute approximate surface area is 80.4 Å². The average Bonchev–Trinajstić information content (AvgIpc) is 2.19. The maximum atomic E-state index is 4.00. The van der Waals surface area contributed by atoms with Crippen LogP contribution in [0, 0.1) is 0 Å². The van der Waals surface area contributed by atoms with Crippen molar-refractivity contribution in [3.05, 3.63) is 30.1 Å². The van der Waals surface area contributed by atoms with Crippen LogP contribution in [0.2, 0.25) is 0 Å². The third-order valence-corrected chi connectivity index (χ3v) is 2.35. The number of hydrogen-bond acceptors (Lipinski definition) is 2. The molecule has 0 fully saturated rings. The summed E-state index contributed by atoms with van der Waals surface area (Å²) in [5, 5.41) is 3.52. The molecule has 0 aliphatic heterocycles. The minimum atomic E-state index is 0.415. The van der Waals surface area contributed by atoms with E-state index in [0.717, 1.165) is 6.42 Å². The second-order valence-corrected chi connectivity index (χ2v) is 3.48. The fourth-order valence-corrected chi connectivity index (χ4v) is 1.29. The standard InChI is InChI=1S/C11H18N2/c1-4-9(2)13-10(3)11-5-7-12-8-6-11/h5-10,13H,4H2,1-3H3/t9-,10-/m0/s1. The van der Waals surface area contributed by atoms with Crippen molar-refractivity contribution in [3.63, 3.8) is 0 Å². The Balaban J connectivity index is 2.53. The van der Waals surface area contributed by atoms with Crippen LogP contribution in [-0.4, -0.2) is 11.0 Å². The van der Waals surface area contributed by atoms with E-state index in [4.69, 9.17) is 0 Å². The van der Waals surface area contributed by atoms with Crippen LogP contribution in [-0.2, 0) is 0 Å². The van der Waals surface area contributed by atoms with Crippen LogP contribution >= 0.6 is 0 Å². The molecule has 1 rings (SSSR count). The molecule has 0 unspecified atom stereocenters. The quantitative estimate of drug-likeness (QED) is 0.766. The van der Waals surface area contributed by atoms with E-state index in [1.807, 2.05) is 12.4 Å². The van der Waals surface area contributed by atoms with E-state index < -0.39 is 0 Å². The molecule has 0 spiro atoms. The van der Waals surface area contributed by atoms with Crippen LogP contribution in [0.4, 0.5) is 0 Å². The molecule has 0 aromatic carbocycles. The van der Waals surface area contributed by atoms with Crippen LogP contribution in [0.1, 0.15) is 38.8 Å². The number of nitrogens with one attached hydrogen (secondary N) is 1. The lowest BCUT2D eigenvalue weighted by atomic mass is 10.1. The molecular formula is C11H18N2. The summed E-state index contributed by atoms with van der Waals surface area (Å²) in [4.78, 5) is 4.00. The summed E-state index contributed by atoms with van der Waals surface area (Å²) in [5.74, 6) is 0. The molecular weight excluding hydrogens is 160 g/mol. The maximum Gasteiger partial charge on any atom is 0.0295 e. The molecule has 2 heteroatoms. The van der Waals surface area contributed by atoms with Crippen molar-refractivity contribution in [2.75, 3.05) is 0 Å². The van der Waals surface area contributed by atoms with Gasteiger partial charge in [0.2, 0.25) is 0 Å². The van der Waals surface area contributed by atoms with E-state index in [0.29, 0.717) is 12.1 Å². The number of pyridine rings is 1. The highest BCUT2D eigenvalue weighted by Gasteiger charge is 2.06. The van der Waals surface area contributed by atoms with Crippen molar-refractivity contribution in [3.8, 4) is 0 Å². The average molecular weight is 178 g/mol. The Morgan fingerprint density at radius 2 is 1.92 bits per heavy atom. The van der Waals surface area contributed by atoms with Gasteiger partial charge >= 0.3 is 0 Å². The van der Waals surface area contributed by atoms with E-state index in [1.165, 1.54) is 5.56 Å². The smallest absolute Gasteiger partial charge is 0.0295 e. The molecule has 1 heterocycles. The second-order valence-electron chi connectivity index (χ2n) is 3.48. The maximum absolute atomic E-state index is 4.00. The first kappa shape index (κ1) is 10.2. The first-order valence-electron chi connectivity index (χ1n) is 4.90. The summed E-state index contributed by atoms with van der Waals surface area (Å²) in [6.07, 6.45) is 4.84. The van der Waals surface area contributed by atoms with Gasteiger partial charge in [0, 0.05) is 24.5 Å². The van der Waals surface area contributed by atoms with Crippen LogP contribution in [0.25, 0.3) is 0 Å². The van der Waals surface area contributed by atoms with Gasteiger partial charge in [0.05, 0.1) is 0 Å². The Bertz CT molecular complexity index is 233. The molecule has 0 bridgehead atoms. The van der Waals surface area contributed by atoms with Crippen molar-refractivity contribution in [2.45, 2.75) is 39.3 Å². The van der Waals surface area contributed by atoms with Gasteiger partial charge < -0.3 is 5.32 Å². The number of hydrogen-bond donors (Lipinski definition) is 1. The lowest BCUT2D eigenvalue weighted by molar-refractivity contribution is 0.469. The summed E-state index contributed by atoms with van der Waals surface area (Å²) >= 11 is 0. The lowest BCUT2D eigenvalue weighted by Crippen LogP contribution is -2.28. The number of rotatable bonds is 4. The monoisotopic (exact) mass is 178 g/mol. The molecule has 1 N–H and O–H groups in total. The Morgan fingerprint density at radius 1 is 1.31 bits per heavy atom. The van der Waals surface area contributed by atoms with Gasteiger partial charge in [-0.25, -0.2) is 0 Å². The zero-order chi connectivity index (χ0) is 9.68. The van der Waals surface area contributed by atoms with Gasteiger partial charge in [-0.1, -0.05) is 6.92 Å². The van der Waals surface area contributed by atoms with Crippen LogP contribution in [0.5, 0.6) is 0 Å². The third kappa shape index (κ3) is 3.15. The number of aromatic nitrogens is 1. The summed E-state index contributed by atoms with van der Waals surface area (Å²) in [6.45, 7) is 6.58. The molecule has 0 aliphatic rings. The van der Waals surface area contributed by atoms with E-state index in [1.54, 1.807) is 0 Å². The minimum absolute atomic E-state index is 0.415. The topological polar surface area (TPSA) is 24.9 Å². The minimum Gasteiger partial charge on any atom is -0.308 e. The van der Waals surface area contributed by atoms with Crippen molar-refractivity contribution in [1.29, 1.82) is 0 Å². The van der Waals surface area contributed by atoms with Crippen molar-refractivity contribution >= 4 is 0 Å². The van der Waals surface area contributed by atoms with Crippen LogP contribution in [0.3, 0.4) is 0 Å². The van der Waals surface area contributed by atoms with Crippen molar-refractivity contribution in [1.82, 2.24) is 10.3 Å².